The van der Waals surface area contributed by atoms with Gasteiger partial charge in [-0.05, 0) is 74.5 Å². The first kappa shape index (κ1) is 25.6. The van der Waals surface area contributed by atoms with E-state index in [4.69, 9.17) is 16.3 Å². The molecule has 1 aromatic heterocycles. The molecule has 5 rings (SSSR count). The molecule has 0 radical (unpaired) electrons. The van der Waals surface area contributed by atoms with Crippen LogP contribution in [0.3, 0.4) is 0 Å². The number of nitrogens with zero attached hydrogens (tertiary/aromatic N) is 3. The number of ether oxygens (including phenoxy) is 1. The maximum absolute atomic E-state index is 13.8. The highest BCUT2D eigenvalue weighted by Gasteiger charge is 2.20. The Bertz CT molecular complexity index is 1530. The van der Waals surface area contributed by atoms with Gasteiger partial charge in [0.15, 0.2) is 0 Å². The van der Waals surface area contributed by atoms with Crippen molar-refractivity contribution in [3.8, 4) is 16.9 Å². The summed E-state index contributed by atoms with van der Waals surface area (Å²) in [5.74, 6) is 0.404. The molecule has 38 heavy (non-hydrogen) atoms. The predicted molar refractivity (Wildman–Crippen MR) is 150 cm³/mol. The first-order valence-corrected chi connectivity index (χ1v) is 12.6. The average molecular weight is 532 g/mol. The average Bonchev–Trinajstić information content (AvgIpc) is 3.34. The van der Waals surface area contributed by atoms with Gasteiger partial charge in [0.05, 0.1) is 23.0 Å². The van der Waals surface area contributed by atoms with Gasteiger partial charge in [0.25, 0.3) is 0 Å². The van der Waals surface area contributed by atoms with E-state index < -0.39 is 5.82 Å². The van der Waals surface area contributed by atoms with Crippen molar-refractivity contribution >= 4 is 45.6 Å². The number of carbonyl (C=O) groups is 1. The van der Waals surface area contributed by atoms with E-state index in [2.05, 4.69) is 32.5 Å². The minimum atomic E-state index is -0.510. The Morgan fingerprint density at radius 1 is 1.18 bits per heavy atom. The Morgan fingerprint density at radius 2 is 2.05 bits per heavy atom. The summed E-state index contributed by atoms with van der Waals surface area (Å²) in [6.07, 6.45) is 7.14. The molecular formula is C29H27ClFN5O2. The molecule has 2 heterocycles. The minimum absolute atomic E-state index is 0.00553. The van der Waals surface area contributed by atoms with Crippen molar-refractivity contribution in [3.63, 3.8) is 0 Å². The molecule has 9 heteroatoms. The first-order chi connectivity index (χ1) is 18.4. The number of amides is 1. The predicted octanol–water partition coefficient (Wildman–Crippen LogP) is 6.43. The standard InChI is InChI=1S/C29H27ClFN5O2/c1-36-14-4-6-20(36)9-13-26(37)35-25-12-11-24-28(27(25)18-5-3-7-21(15-18)38-2)29(33-17-32-24)34-19-8-10-23(31)22(30)16-19/h3,5,7-13,15-17,20H,4,6,14H2,1-2H3,(H,35,37)(H,32,33,34). The third-order valence-electron chi connectivity index (χ3n) is 6.65. The molecule has 194 valence electrons. The molecule has 3 aromatic carbocycles. The Morgan fingerprint density at radius 3 is 2.82 bits per heavy atom. The number of hydrogen-bond donors (Lipinski definition) is 2. The highest BCUT2D eigenvalue weighted by atomic mass is 35.5. The quantitative estimate of drug-likeness (QED) is 0.267. The highest BCUT2D eigenvalue weighted by molar-refractivity contribution is 6.31. The van der Waals surface area contributed by atoms with Gasteiger partial charge in [0.2, 0.25) is 5.91 Å². The molecular weight excluding hydrogens is 505 g/mol. The monoisotopic (exact) mass is 531 g/mol. The Hall–Kier alpha value is -4.01. The van der Waals surface area contributed by atoms with Crippen LogP contribution in [0.4, 0.5) is 21.6 Å². The molecule has 4 aromatic rings. The van der Waals surface area contributed by atoms with Gasteiger partial charge in [-0.2, -0.15) is 0 Å². The molecule has 1 aliphatic rings. The van der Waals surface area contributed by atoms with Gasteiger partial charge < -0.3 is 15.4 Å². The SMILES string of the molecule is COc1cccc(-c2c(NC(=O)C=CC3CCCN3C)ccc3ncnc(Nc4ccc(F)c(Cl)c4)c23)c1. The van der Waals surface area contributed by atoms with Crippen LogP contribution in [0.1, 0.15) is 12.8 Å². The lowest BCUT2D eigenvalue weighted by atomic mass is 9.98. The van der Waals surface area contributed by atoms with Crippen LogP contribution in [0, 0.1) is 5.82 Å². The molecule has 0 bridgehead atoms. The van der Waals surface area contributed by atoms with Crippen LogP contribution in [0.5, 0.6) is 5.75 Å². The first-order valence-electron chi connectivity index (χ1n) is 12.3. The van der Waals surface area contributed by atoms with Crippen molar-refractivity contribution in [1.82, 2.24) is 14.9 Å². The van der Waals surface area contributed by atoms with E-state index in [1.54, 1.807) is 19.3 Å². The van der Waals surface area contributed by atoms with Gasteiger partial charge in [0, 0.05) is 29.1 Å². The second kappa shape index (κ2) is 11.2. The Balaban J connectivity index is 1.60. The smallest absolute Gasteiger partial charge is 0.248 e. The zero-order chi connectivity index (χ0) is 26.6. The van der Waals surface area contributed by atoms with Crippen molar-refractivity contribution in [2.45, 2.75) is 18.9 Å². The van der Waals surface area contributed by atoms with E-state index in [1.807, 2.05) is 42.5 Å². The third kappa shape index (κ3) is 5.46. The van der Waals surface area contributed by atoms with Gasteiger partial charge >= 0.3 is 0 Å². The van der Waals surface area contributed by atoms with E-state index in [0.29, 0.717) is 33.8 Å². The van der Waals surface area contributed by atoms with Crippen LogP contribution in [0.2, 0.25) is 5.02 Å². The van der Waals surface area contributed by atoms with E-state index in [1.165, 1.54) is 18.5 Å². The number of hydrogen-bond acceptors (Lipinski definition) is 6. The number of nitrogens with one attached hydrogen (secondary N) is 2. The maximum Gasteiger partial charge on any atom is 0.248 e. The number of benzene rings is 3. The van der Waals surface area contributed by atoms with Crippen LogP contribution in [-0.2, 0) is 4.79 Å². The van der Waals surface area contributed by atoms with Crippen molar-refractivity contribution in [2.75, 3.05) is 31.3 Å². The second-order valence-electron chi connectivity index (χ2n) is 9.13. The van der Waals surface area contributed by atoms with Crippen LogP contribution >= 0.6 is 11.6 Å². The minimum Gasteiger partial charge on any atom is -0.497 e. The highest BCUT2D eigenvalue weighted by Crippen LogP contribution is 2.40. The number of fused-ring (bicyclic) bond motifs is 1. The largest absolute Gasteiger partial charge is 0.497 e. The topological polar surface area (TPSA) is 79.4 Å². The molecule has 1 atom stereocenters. The number of carbonyl (C=O) groups excluding carboxylic acids is 1. The summed E-state index contributed by atoms with van der Waals surface area (Å²) >= 11 is 6.01. The van der Waals surface area contributed by atoms with E-state index in [9.17, 15) is 9.18 Å². The van der Waals surface area contributed by atoms with E-state index >= 15 is 0 Å². The van der Waals surface area contributed by atoms with Crippen molar-refractivity contribution in [3.05, 3.63) is 83.9 Å². The Kier molecular flexibility index (Phi) is 7.53. The number of likely N-dealkylation sites (tertiary alicyclic amines) is 1. The lowest BCUT2D eigenvalue weighted by molar-refractivity contribution is -0.111. The molecule has 1 saturated heterocycles. The molecule has 1 aliphatic heterocycles. The van der Waals surface area contributed by atoms with Crippen LogP contribution < -0.4 is 15.4 Å². The van der Waals surface area contributed by atoms with Crippen LogP contribution in [0.15, 0.2) is 73.1 Å². The lowest BCUT2D eigenvalue weighted by Gasteiger charge is -2.17. The van der Waals surface area contributed by atoms with Crippen molar-refractivity contribution in [1.29, 1.82) is 0 Å². The van der Waals surface area contributed by atoms with Crippen LogP contribution in [-0.4, -0.2) is 47.5 Å². The van der Waals surface area contributed by atoms with Crippen molar-refractivity contribution < 1.29 is 13.9 Å². The zero-order valence-corrected chi connectivity index (χ0v) is 21.8. The second-order valence-corrected chi connectivity index (χ2v) is 9.54. The number of rotatable bonds is 7. The molecule has 1 unspecified atom stereocenters. The molecule has 2 N–H and O–H groups in total. The fourth-order valence-electron chi connectivity index (χ4n) is 4.69. The number of methoxy groups -OCH3 is 1. The van der Waals surface area contributed by atoms with E-state index in [-0.39, 0.29) is 17.0 Å². The number of likely N-dealkylation sites (N-methyl/N-ethyl adjacent to an activating group) is 1. The summed E-state index contributed by atoms with van der Waals surface area (Å²) in [5.41, 5.74) is 3.34. The Labute approximate surface area is 225 Å². The van der Waals surface area contributed by atoms with Gasteiger partial charge in [-0.15, -0.1) is 0 Å². The summed E-state index contributed by atoms with van der Waals surface area (Å²) < 4.78 is 19.2. The number of anilines is 3. The molecule has 0 aliphatic carbocycles. The third-order valence-corrected chi connectivity index (χ3v) is 6.94. The van der Waals surface area contributed by atoms with Crippen LogP contribution in [0.25, 0.3) is 22.0 Å². The normalized spacial score (nSPS) is 15.7. The molecule has 0 spiro atoms. The molecule has 1 amide bonds. The van der Waals surface area contributed by atoms with Crippen molar-refractivity contribution in [2.24, 2.45) is 0 Å². The maximum atomic E-state index is 13.8. The summed E-state index contributed by atoms with van der Waals surface area (Å²) in [7, 11) is 3.66. The fourth-order valence-corrected chi connectivity index (χ4v) is 4.87. The molecule has 0 saturated carbocycles. The molecule has 1 fully saturated rings. The lowest BCUT2D eigenvalue weighted by Crippen LogP contribution is -2.23. The van der Waals surface area contributed by atoms with E-state index in [0.717, 1.165) is 30.5 Å². The van der Waals surface area contributed by atoms with Gasteiger partial charge in [-0.25, -0.2) is 14.4 Å². The fraction of sp³-hybridized carbons (Fsp3) is 0.207. The van der Waals surface area contributed by atoms with Gasteiger partial charge in [-0.3, -0.25) is 9.69 Å². The summed E-state index contributed by atoms with van der Waals surface area (Å²) in [6, 6.07) is 15.8. The molecule has 7 nitrogen and oxygen atoms in total. The summed E-state index contributed by atoms with van der Waals surface area (Å²) in [6.45, 7) is 1.02. The van der Waals surface area contributed by atoms with Gasteiger partial charge in [-0.1, -0.05) is 29.8 Å². The van der Waals surface area contributed by atoms with Gasteiger partial charge in [0.1, 0.15) is 23.7 Å². The summed E-state index contributed by atoms with van der Waals surface area (Å²) in [4.78, 5) is 24.2. The number of halogens is 2. The number of aromatic nitrogens is 2. The summed E-state index contributed by atoms with van der Waals surface area (Å²) in [5, 5.41) is 6.96. The zero-order valence-electron chi connectivity index (χ0n) is 21.0.